The summed E-state index contributed by atoms with van der Waals surface area (Å²) < 4.78 is 6.65. The van der Waals surface area contributed by atoms with Gasteiger partial charge in [-0.15, -0.1) is 0 Å². The highest BCUT2D eigenvalue weighted by atomic mass is 35.5. The van der Waals surface area contributed by atoms with Gasteiger partial charge in [0, 0.05) is 59.7 Å². The van der Waals surface area contributed by atoms with Crippen LogP contribution < -0.4 is 28.5 Å². The smallest absolute Gasteiger partial charge is 0.484 e. The maximum absolute atomic E-state index is 8.86. The molecule has 0 aliphatic rings. The van der Waals surface area contributed by atoms with E-state index in [1.165, 1.54) is 5.69 Å². The molecule has 0 spiro atoms. The number of nitrogens with one attached hydrogen (secondary N) is 3. The summed E-state index contributed by atoms with van der Waals surface area (Å²) in [4.78, 5) is 27.5. The number of halogens is 1. The molecule has 8 rings (SSSR count). The summed E-state index contributed by atoms with van der Waals surface area (Å²) >= 11 is 5.16. The molecule has 8 aromatic rings. The van der Waals surface area contributed by atoms with E-state index in [4.69, 9.17) is 44.6 Å². The van der Waals surface area contributed by atoms with E-state index in [9.17, 15) is 0 Å². The summed E-state index contributed by atoms with van der Waals surface area (Å²) in [6, 6.07) is 22.5. The number of pyridine rings is 4. The van der Waals surface area contributed by atoms with Gasteiger partial charge in [-0.05, 0) is 112 Å². The van der Waals surface area contributed by atoms with E-state index in [1.807, 2.05) is 109 Å². The first-order chi connectivity index (χ1) is 28.9. The fourth-order valence-electron chi connectivity index (χ4n) is 5.26. The third-order valence-corrected chi connectivity index (χ3v) is 8.34. The summed E-state index contributed by atoms with van der Waals surface area (Å²) in [6.07, 6.45) is 0. The first kappa shape index (κ1) is 50.5. The van der Waals surface area contributed by atoms with Gasteiger partial charge in [-0.2, -0.15) is 0 Å². The SMILES string of the molecule is C=C(Cl)OCC.C=C(c1cc2ccc(N)nc2[nH]1)N(C)C.CC.CC.Cc1cc2ccc(N)nc2[nH]1.Cc1cc2ccc(N)nc2n1C.Nc1ccc2cc(B(O)O)[nH]c2n1. The number of aryl methyl sites for hydroxylation is 3. The van der Waals surface area contributed by atoms with E-state index in [2.05, 4.69) is 65.8 Å². The van der Waals surface area contributed by atoms with Crippen LogP contribution in [0.2, 0.25) is 0 Å². The van der Waals surface area contributed by atoms with Gasteiger partial charge in [-0.3, -0.25) is 0 Å². The number of H-pyrrole nitrogens is 3. The minimum atomic E-state index is -1.50. The van der Waals surface area contributed by atoms with Crippen molar-refractivity contribution in [1.29, 1.82) is 0 Å². The zero-order valence-electron chi connectivity index (χ0n) is 36.8. The van der Waals surface area contributed by atoms with Gasteiger partial charge in [0.2, 0.25) is 0 Å². The first-order valence-electron chi connectivity index (χ1n) is 19.6. The van der Waals surface area contributed by atoms with Crippen LogP contribution >= 0.6 is 11.6 Å². The second-order valence-corrected chi connectivity index (χ2v) is 13.3. The molecule has 8 heterocycles. The second-order valence-electron chi connectivity index (χ2n) is 12.9. The summed E-state index contributed by atoms with van der Waals surface area (Å²) in [5, 5.41) is 22.1. The maximum atomic E-state index is 8.86. The molecule has 0 amide bonds. The lowest BCUT2D eigenvalue weighted by Crippen LogP contribution is -2.30. The Kier molecular flexibility index (Phi) is 20.2. The highest BCUT2D eigenvalue weighted by molar-refractivity contribution is 6.58. The van der Waals surface area contributed by atoms with Crippen molar-refractivity contribution < 1.29 is 14.8 Å². The molecule has 61 heavy (non-hydrogen) atoms. The quantitative estimate of drug-likeness (QED) is 0.0615. The zero-order chi connectivity index (χ0) is 46.0. The fourth-order valence-corrected chi connectivity index (χ4v) is 5.37. The number of rotatable bonds is 5. The predicted octanol–water partition coefficient (Wildman–Crippen LogP) is 7.21. The molecule has 0 saturated carbocycles. The van der Waals surface area contributed by atoms with Crippen LogP contribution in [0, 0.1) is 13.8 Å². The minimum Gasteiger partial charge on any atom is -0.484 e. The van der Waals surface area contributed by atoms with Gasteiger partial charge in [-0.1, -0.05) is 34.3 Å². The number of anilines is 4. The molecule has 0 bridgehead atoms. The number of nitrogens with zero attached hydrogens (tertiary/aromatic N) is 6. The highest BCUT2D eigenvalue weighted by Crippen LogP contribution is 2.21. The molecular weight excluding hydrogens is 793 g/mol. The molecule has 0 aromatic carbocycles. The van der Waals surface area contributed by atoms with Crippen molar-refractivity contribution in [3.05, 3.63) is 108 Å². The van der Waals surface area contributed by atoms with Crippen molar-refractivity contribution in [2.24, 2.45) is 7.05 Å². The van der Waals surface area contributed by atoms with Crippen LogP contribution in [0.25, 0.3) is 49.8 Å². The number of hydrogen-bond acceptors (Lipinski definition) is 12. The molecule has 16 nitrogen and oxygen atoms in total. The van der Waals surface area contributed by atoms with Crippen molar-refractivity contribution in [3.63, 3.8) is 0 Å². The molecule has 0 aliphatic carbocycles. The predicted molar refractivity (Wildman–Crippen MR) is 258 cm³/mol. The Morgan fingerprint density at radius 1 is 0.705 bits per heavy atom. The van der Waals surface area contributed by atoms with Gasteiger partial charge in [0.1, 0.15) is 45.9 Å². The number of nitrogens with two attached hydrogens (primary N) is 4. The Bertz CT molecular complexity index is 2610. The summed E-state index contributed by atoms with van der Waals surface area (Å²) in [5.74, 6) is 2.04. The van der Waals surface area contributed by atoms with Crippen LogP contribution in [0.1, 0.15) is 51.7 Å². The highest BCUT2D eigenvalue weighted by Gasteiger charge is 2.14. The number of nitrogen functional groups attached to an aromatic ring is 4. The monoisotopic (exact) mass is 853 g/mol. The zero-order valence-corrected chi connectivity index (χ0v) is 37.6. The van der Waals surface area contributed by atoms with Gasteiger partial charge in [0.25, 0.3) is 0 Å². The number of aromatic nitrogens is 8. The average molecular weight is 854 g/mol. The van der Waals surface area contributed by atoms with E-state index in [0.717, 1.165) is 55.6 Å². The Morgan fingerprint density at radius 3 is 1.61 bits per heavy atom. The number of aromatic amines is 3. The molecule has 0 saturated heterocycles. The van der Waals surface area contributed by atoms with Gasteiger partial charge < -0.3 is 62.1 Å². The molecular formula is C43H61BClN13O3. The molecule has 0 unspecified atom stereocenters. The summed E-state index contributed by atoms with van der Waals surface area (Å²) in [7, 11) is 4.39. The average Bonchev–Trinajstić information content (AvgIpc) is 4.00. The normalized spacial score (nSPS) is 9.85. The molecule has 18 heteroatoms. The van der Waals surface area contributed by atoms with E-state index < -0.39 is 7.12 Å². The van der Waals surface area contributed by atoms with Gasteiger partial charge >= 0.3 is 7.12 Å². The lowest BCUT2D eigenvalue weighted by atomic mass is 9.87. The van der Waals surface area contributed by atoms with Crippen LogP contribution in [-0.4, -0.2) is 82.2 Å². The van der Waals surface area contributed by atoms with Crippen LogP contribution in [0.15, 0.2) is 91.2 Å². The van der Waals surface area contributed by atoms with Gasteiger partial charge in [-0.25, -0.2) is 19.9 Å². The van der Waals surface area contributed by atoms with Gasteiger partial charge in [0.15, 0.2) is 5.22 Å². The van der Waals surface area contributed by atoms with Crippen LogP contribution in [0.4, 0.5) is 23.3 Å². The molecule has 8 aromatic heterocycles. The van der Waals surface area contributed by atoms with Gasteiger partial charge in [0.05, 0.1) is 18.0 Å². The van der Waals surface area contributed by atoms with Crippen molar-refractivity contribution >= 4 is 97.4 Å². The lowest BCUT2D eigenvalue weighted by Gasteiger charge is -2.13. The van der Waals surface area contributed by atoms with Crippen molar-refractivity contribution in [3.8, 4) is 0 Å². The summed E-state index contributed by atoms with van der Waals surface area (Å²) in [6.45, 7) is 21.8. The molecule has 0 atom stereocenters. The minimum absolute atomic E-state index is 0.262. The molecule has 13 N–H and O–H groups in total. The third-order valence-electron chi connectivity index (χ3n) is 8.23. The molecule has 0 aliphatic heterocycles. The number of fused-ring (bicyclic) bond motifs is 4. The molecule has 0 fully saturated rings. The Labute approximate surface area is 362 Å². The largest absolute Gasteiger partial charge is 0.505 e. The van der Waals surface area contributed by atoms with E-state index in [-0.39, 0.29) is 5.22 Å². The number of hydrogen-bond donors (Lipinski definition) is 9. The fraction of sp³-hybridized carbons (Fsp3) is 0.256. The van der Waals surface area contributed by atoms with Crippen LogP contribution in [-0.2, 0) is 11.8 Å². The van der Waals surface area contributed by atoms with E-state index in [1.54, 1.807) is 30.3 Å². The molecule has 326 valence electrons. The van der Waals surface area contributed by atoms with Crippen molar-refractivity contribution in [2.75, 3.05) is 43.6 Å². The Hall–Kier alpha value is -6.69. The Balaban J connectivity index is 0.000000262. The van der Waals surface area contributed by atoms with Crippen molar-refractivity contribution in [1.82, 2.24) is 44.4 Å². The first-order valence-corrected chi connectivity index (χ1v) is 19.9. The van der Waals surface area contributed by atoms with Crippen molar-refractivity contribution in [2.45, 2.75) is 48.5 Å². The molecule has 0 radical (unpaired) electrons. The van der Waals surface area contributed by atoms with Crippen LogP contribution in [0.5, 0.6) is 0 Å². The summed E-state index contributed by atoms with van der Waals surface area (Å²) in [5.41, 5.74) is 29.8. The van der Waals surface area contributed by atoms with E-state index >= 15 is 0 Å². The topological polar surface area (TPSA) is 261 Å². The number of ether oxygens (including phenoxy) is 1. The standard InChI is InChI=1S/C11H14N4.C9H11N3.C8H9N3.C7H8BN3O2.C4H7ClO.2C2H6/c1-7(15(2)3)9-6-8-4-5-10(12)14-11(8)13-9;1-6-5-7-3-4-8(10)11-9(7)12(6)2;1-5-4-6-2-3-7(9)11-8(6)10-5;9-6-2-1-4-3-5(8(12)13)10-7(4)11-6;1-3-6-4(2)5;2*1-2/h4-6H,1H2,2-3H3,(H3,12,13,14);3-5H,1-2H3,(H2,10,11);2-4H,1H3,(H3,9,10,11);1-3,12-13H,(H3,9,10,11);2-3H2,1H3;2*1-2H3. The lowest BCUT2D eigenvalue weighted by molar-refractivity contribution is 0.256. The van der Waals surface area contributed by atoms with E-state index in [0.29, 0.717) is 41.1 Å². The third kappa shape index (κ3) is 15.1. The second kappa shape index (κ2) is 24.4. The Morgan fingerprint density at radius 2 is 1.15 bits per heavy atom. The van der Waals surface area contributed by atoms with Crippen LogP contribution in [0.3, 0.4) is 0 Å². The maximum Gasteiger partial charge on any atom is 0.505 e.